The zero-order valence-electron chi connectivity index (χ0n) is 9.11. The molecule has 4 heteroatoms. The van der Waals surface area contributed by atoms with Crippen LogP contribution in [0.1, 0.15) is 25.0 Å². The van der Waals surface area contributed by atoms with Crippen molar-refractivity contribution in [3.63, 3.8) is 0 Å². The minimum atomic E-state index is 0.406. The molecular formula is C11H18N4. The normalized spacial score (nSPS) is 25.5. The predicted octanol–water partition coefficient (Wildman–Crippen LogP) is 1.32. The van der Waals surface area contributed by atoms with Crippen LogP contribution in [0.3, 0.4) is 0 Å². The van der Waals surface area contributed by atoms with Gasteiger partial charge in [-0.05, 0) is 32.1 Å². The SMILES string of the molecule is Cc1cc(NCC2CCC(N)C2)ncn1. The molecule has 0 saturated heterocycles. The summed E-state index contributed by atoms with van der Waals surface area (Å²) in [7, 11) is 0. The van der Waals surface area contributed by atoms with E-state index >= 15 is 0 Å². The molecule has 0 amide bonds. The van der Waals surface area contributed by atoms with Gasteiger partial charge >= 0.3 is 0 Å². The van der Waals surface area contributed by atoms with Gasteiger partial charge in [0.2, 0.25) is 0 Å². The Kier molecular flexibility index (Phi) is 3.16. The van der Waals surface area contributed by atoms with Crippen molar-refractivity contribution in [2.75, 3.05) is 11.9 Å². The van der Waals surface area contributed by atoms with E-state index in [1.165, 1.54) is 6.42 Å². The molecular weight excluding hydrogens is 188 g/mol. The van der Waals surface area contributed by atoms with E-state index in [0.29, 0.717) is 12.0 Å². The average Bonchev–Trinajstić information content (AvgIpc) is 2.62. The first-order valence-corrected chi connectivity index (χ1v) is 5.52. The summed E-state index contributed by atoms with van der Waals surface area (Å²) in [5.41, 5.74) is 6.86. The summed E-state index contributed by atoms with van der Waals surface area (Å²) in [5, 5.41) is 3.34. The van der Waals surface area contributed by atoms with E-state index in [2.05, 4.69) is 15.3 Å². The van der Waals surface area contributed by atoms with E-state index in [-0.39, 0.29) is 0 Å². The Morgan fingerprint density at radius 2 is 2.33 bits per heavy atom. The third-order valence-electron chi connectivity index (χ3n) is 2.96. The summed E-state index contributed by atoms with van der Waals surface area (Å²) in [6, 6.07) is 2.37. The number of hydrogen-bond acceptors (Lipinski definition) is 4. The van der Waals surface area contributed by atoms with Crippen LogP contribution in [0.2, 0.25) is 0 Å². The van der Waals surface area contributed by atoms with Crippen molar-refractivity contribution in [3.8, 4) is 0 Å². The molecule has 1 heterocycles. The van der Waals surface area contributed by atoms with Crippen LogP contribution in [0, 0.1) is 12.8 Å². The highest BCUT2D eigenvalue weighted by Gasteiger charge is 2.21. The molecule has 1 aliphatic rings. The van der Waals surface area contributed by atoms with Crippen LogP contribution in [-0.4, -0.2) is 22.6 Å². The van der Waals surface area contributed by atoms with Crippen LogP contribution in [0.25, 0.3) is 0 Å². The van der Waals surface area contributed by atoms with Gasteiger partial charge in [0.1, 0.15) is 12.1 Å². The number of aryl methyl sites for hydroxylation is 1. The van der Waals surface area contributed by atoms with Crippen molar-refractivity contribution in [2.24, 2.45) is 11.7 Å². The molecule has 1 fully saturated rings. The number of anilines is 1. The van der Waals surface area contributed by atoms with Gasteiger partial charge in [0.25, 0.3) is 0 Å². The van der Waals surface area contributed by atoms with Gasteiger partial charge in [-0.1, -0.05) is 0 Å². The Morgan fingerprint density at radius 3 is 3.00 bits per heavy atom. The van der Waals surface area contributed by atoms with E-state index in [4.69, 9.17) is 5.73 Å². The van der Waals surface area contributed by atoms with Gasteiger partial charge in [0, 0.05) is 24.3 Å². The zero-order chi connectivity index (χ0) is 10.7. The molecule has 0 bridgehead atoms. The number of nitrogens with zero attached hydrogens (tertiary/aromatic N) is 2. The topological polar surface area (TPSA) is 63.8 Å². The number of nitrogens with two attached hydrogens (primary N) is 1. The van der Waals surface area contributed by atoms with Gasteiger partial charge in [-0.2, -0.15) is 0 Å². The fourth-order valence-corrected chi connectivity index (χ4v) is 2.10. The lowest BCUT2D eigenvalue weighted by Gasteiger charge is -2.11. The maximum absolute atomic E-state index is 5.86. The van der Waals surface area contributed by atoms with Gasteiger partial charge in [0.15, 0.2) is 0 Å². The lowest BCUT2D eigenvalue weighted by molar-refractivity contribution is 0.565. The van der Waals surface area contributed by atoms with E-state index in [0.717, 1.165) is 30.9 Å². The number of hydrogen-bond donors (Lipinski definition) is 2. The summed E-state index contributed by atoms with van der Waals surface area (Å²) >= 11 is 0. The van der Waals surface area contributed by atoms with Crippen molar-refractivity contribution in [3.05, 3.63) is 18.1 Å². The number of aromatic nitrogens is 2. The highest BCUT2D eigenvalue weighted by molar-refractivity contribution is 5.34. The van der Waals surface area contributed by atoms with Crippen molar-refractivity contribution in [1.82, 2.24) is 9.97 Å². The van der Waals surface area contributed by atoms with Gasteiger partial charge in [-0.25, -0.2) is 9.97 Å². The molecule has 0 aromatic carbocycles. The second-order valence-corrected chi connectivity index (χ2v) is 4.36. The monoisotopic (exact) mass is 206 g/mol. The molecule has 0 spiro atoms. The van der Waals surface area contributed by atoms with Crippen LogP contribution in [0.5, 0.6) is 0 Å². The van der Waals surface area contributed by atoms with Crippen molar-refractivity contribution in [2.45, 2.75) is 32.2 Å². The molecule has 82 valence electrons. The summed E-state index contributed by atoms with van der Waals surface area (Å²) in [6.45, 7) is 2.95. The lowest BCUT2D eigenvalue weighted by atomic mass is 10.1. The summed E-state index contributed by atoms with van der Waals surface area (Å²) < 4.78 is 0. The van der Waals surface area contributed by atoms with Crippen molar-refractivity contribution >= 4 is 5.82 Å². The first-order chi connectivity index (χ1) is 7.24. The van der Waals surface area contributed by atoms with Crippen LogP contribution < -0.4 is 11.1 Å². The van der Waals surface area contributed by atoms with Crippen LogP contribution in [0.4, 0.5) is 5.82 Å². The molecule has 2 atom stereocenters. The first-order valence-electron chi connectivity index (χ1n) is 5.52. The molecule has 15 heavy (non-hydrogen) atoms. The third kappa shape index (κ3) is 2.89. The average molecular weight is 206 g/mol. The second kappa shape index (κ2) is 4.57. The molecule has 4 nitrogen and oxygen atoms in total. The quantitative estimate of drug-likeness (QED) is 0.783. The first kappa shape index (κ1) is 10.4. The molecule has 1 aromatic rings. The molecule has 1 saturated carbocycles. The molecule has 2 unspecified atom stereocenters. The number of rotatable bonds is 3. The Hall–Kier alpha value is -1.16. The highest BCUT2D eigenvalue weighted by Crippen LogP contribution is 2.24. The molecule has 0 aliphatic heterocycles. The smallest absolute Gasteiger partial charge is 0.129 e. The van der Waals surface area contributed by atoms with Gasteiger partial charge < -0.3 is 11.1 Å². The van der Waals surface area contributed by atoms with Crippen LogP contribution in [-0.2, 0) is 0 Å². The fourth-order valence-electron chi connectivity index (χ4n) is 2.10. The zero-order valence-corrected chi connectivity index (χ0v) is 9.11. The summed E-state index contributed by atoms with van der Waals surface area (Å²) in [5.74, 6) is 1.62. The molecule has 1 aliphatic carbocycles. The highest BCUT2D eigenvalue weighted by atomic mass is 15.0. The summed E-state index contributed by atoms with van der Waals surface area (Å²) in [6.07, 6.45) is 5.13. The van der Waals surface area contributed by atoms with E-state index in [9.17, 15) is 0 Å². The van der Waals surface area contributed by atoms with Crippen molar-refractivity contribution in [1.29, 1.82) is 0 Å². The predicted molar refractivity (Wildman–Crippen MR) is 60.6 cm³/mol. The standard InChI is InChI=1S/C11H18N4/c1-8-4-11(15-7-14-8)13-6-9-2-3-10(12)5-9/h4,7,9-10H,2-3,5-6,12H2,1H3,(H,13,14,15). The maximum atomic E-state index is 5.86. The van der Waals surface area contributed by atoms with E-state index in [1.54, 1.807) is 6.33 Å². The Bertz CT molecular complexity index is 326. The van der Waals surface area contributed by atoms with Crippen LogP contribution >= 0.6 is 0 Å². The minimum Gasteiger partial charge on any atom is -0.370 e. The summed E-state index contributed by atoms with van der Waals surface area (Å²) in [4.78, 5) is 8.23. The van der Waals surface area contributed by atoms with Gasteiger partial charge in [-0.15, -0.1) is 0 Å². The largest absolute Gasteiger partial charge is 0.370 e. The van der Waals surface area contributed by atoms with Gasteiger partial charge in [-0.3, -0.25) is 0 Å². The molecule has 3 N–H and O–H groups in total. The molecule has 0 radical (unpaired) electrons. The Morgan fingerprint density at radius 1 is 1.47 bits per heavy atom. The molecule has 2 rings (SSSR count). The fraction of sp³-hybridized carbons (Fsp3) is 0.636. The lowest BCUT2D eigenvalue weighted by Crippen LogP contribution is -2.18. The Labute approximate surface area is 90.3 Å². The van der Waals surface area contributed by atoms with Crippen LogP contribution in [0.15, 0.2) is 12.4 Å². The minimum absolute atomic E-state index is 0.406. The van der Waals surface area contributed by atoms with Crippen molar-refractivity contribution < 1.29 is 0 Å². The number of nitrogens with one attached hydrogen (secondary N) is 1. The second-order valence-electron chi connectivity index (χ2n) is 4.36. The Balaban J connectivity index is 1.83. The van der Waals surface area contributed by atoms with E-state index in [1.807, 2.05) is 13.0 Å². The third-order valence-corrected chi connectivity index (χ3v) is 2.96. The van der Waals surface area contributed by atoms with E-state index < -0.39 is 0 Å². The van der Waals surface area contributed by atoms with Gasteiger partial charge in [0.05, 0.1) is 0 Å². The molecule has 1 aromatic heterocycles. The maximum Gasteiger partial charge on any atom is 0.129 e.